The number of nitrogens with one attached hydrogen (secondary N) is 1. The molecule has 0 unspecified atom stereocenters. The highest BCUT2D eigenvalue weighted by Crippen LogP contribution is 2.17. The van der Waals surface area contributed by atoms with Gasteiger partial charge in [0, 0.05) is 31.9 Å². The monoisotopic (exact) mass is 345 g/mol. The van der Waals surface area contributed by atoms with Crippen LogP contribution in [0.4, 0.5) is 10.1 Å². The van der Waals surface area contributed by atoms with E-state index < -0.39 is 0 Å². The van der Waals surface area contributed by atoms with E-state index in [0.29, 0.717) is 37.5 Å². The third-order valence-corrected chi connectivity index (χ3v) is 4.33. The number of hydrogen-bond acceptors (Lipinski definition) is 4. The van der Waals surface area contributed by atoms with Crippen molar-refractivity contribution in [2.45, 2.75) is 6.92 Å². The third-order valence-electron chi connectivity index (χ3n) is 4.33. The highest BCUT2D eigenvalue weighted by Gasteiger charge is 2.22. The fourth-order valence-electron chi connectivity index (χ4n) is 2.85. The first-order valence-electron chi connectivity index (χ1n) is 8.15. The number of piperazine rings is 1. The molecule has 1 aliphatic heterocycles. The van der Waals surface area contributed by atoms with Crippen LogP contribution < -0.4 is 10.2 Å². The van der Waals surface area contributed by atoms with Gasteiger partial charge in [0.25, 0.3) is 5.91 Å². The maximum absolute atomic E-state index is 13.0. The molecule has 2 heterocycles. The summed E-state index contributed by atoms with van der Waals surface area (Å²) in [5.74, 6) is -0.170. The predicted molar refractivity (Wildman–Crippen MR) is 91.0 cm³/mol. The van der Waals surface area contributed by atoms with E-state index >= 15 is 0 Å². The van der Waals surface area contributed by atoms with Crippen LogP contribution in [0, 0.1) is 12.7 Å². The Hall–Kier alpha value is -2.83. The van der Waals surface area contributed by atoms with E-state index in [9.17, 15) is 14.0 Å². The molecule has 1 N–H and O–H groups in total. The SMILES string of the molecule is Cc1occc1C(=O)NCC(=O)N1CCN(c2ccc(F)cc2)CC1. The molecule has 2 aromatic rings. The van der Waals surface area contributed by atoms with Crippen LogP contribution in [0.5, 0.6) is 0 Å². The van der Waals surface area contributed by atoms with Crippen LogP contribution in [0.15, 0.2) is 41.0 Å². The normalized spacial score (nSPS) is 14.5. The molecule has 6 nitrogen and oxygen atoms in total. The summed E-state index contributed by atoms with van der Waals surface area (Å²) in [5, 5.41) is 2.63. The number of furan rings is 1. The first-order valence-corrected chi connectivity index (χ1v) is 8.15. The van der Waals surface area contributed by atoms with Gasteiger partial charge in [0.2, 0.25) is 5.91 Å². The molecule has 7 heteroatoms. The van der Waals surface area contributed by atoms with Crippen LogP contribution in [0.25, 0.3) is 0 Å². The molecule has 2 amide bonds. The minimum Gasteiger partial charge on any atom is -0.469 e. The summed E-state index contributed by atoms with van der Waals surface area (Å²) in [6.07, 6.45) is 1.45. The Morgan fingerprint density at radius 3 is 2.40 bits per heavy atom. The highest BCUT2D eigenvalue weighted by atomic mass is 19.1. The van der Waals surface area contributed by atoms with Crippen molar-refractivity contribution in [2.24, 2.45) is 0 Å². The Morgan fingerprint density at radius 2 is 1.80 bits per heavy atom. The molecule has 1 fully saturated rings. The van der Waals surface area contributed by atoms with Crippen molar-refractivity contribution < 1.29 is 18.4 Å². The molecule has 0 atom stereocenters. The van der Waals surface area contributed by atoms with Crippen molar-refractivity contribution >= 4 is 17.5 Å². The molecule has 25 heavy (non-hydrogen) atoms. The summed E-state index contributed by atoms with van der Waals surface area (Å²) in [6, 6.07) is 7.91. The molecule has 132 valence electrons. The zero-order chi connectivity index (χ0) is 17.8. The summed E-state index contributed by atoms with van der Waals surface area (Å²) in [4.78, 5) is 28.1. The van der Waals surface area contributed by atoms with Gasteiger partial charge < -0.3 is 19.5 Å². The smallest absolute Gasteiger partial charge is 0.255 e. The summed E-state index contributed by atoms with van der Waals surface area (Å²) in [5.41, 5.74) is 1.38. The standard InChI is InChI=1S/C18H20FN3O3/c1-13-16(6-11-25-13)18(24)20-12-17(23)22-9-7-21(8-10-22)15-4-2-14(19)3-5-15/h2-6,11H,7-10,12H2,1H3,(H,20,24). The van der Waals surface area contributed by atoms with Crippen molar-refractivity contribution in [2.75, 3.05) is 37.6 Å². The van der Waals surface area contributed by atoms with Crippen LogP contribution in [-0.4, -0.2) is 49.4 Å². The maximum atomic E-state index is 13.0. The second-order valence-corrected chi connectivity index (χ2v) is 5.92. The van der Waals surface area contributed by atoms with Gasteiger partial charge in [-0.05, 0) is 37.3 Å². The fourth-order valence-corrected chi connectivity index (χ4v) is 2.85. The number of halogens is 1. The lowest BCUT2D eigenvalue weighted by molar-refractivity contribution is -0.130. The number of carbonyl (C=O) groups excluding carboxylic acids is 2. The molecule has 0 aliphatic carbocycles. The second kappa shape index (κ2) is 7.38. The number of aryl methyl sites for hydroxylation is 1. The van der Waals surface area contributed by atoms with Crippen molar-refractivity contribution in [1.82, 2.24) is 10.2 Å². The quantitative estimate of drug-likeness (QED) is 0.918. The number of amides is 2. The minimum atomic E-state index is -0.315. The van der Waals surface area contributed by atoms with Gasteiger partial charge in [0.15, 0.2) is 0 Å². The fraction of sp³-hybridized carbons (Fsp3) is 0.333. The van der Waals surface area contributed by atoms with E-state index in [-0.39, 0.29) is 24.2 Å². The van der Waals surface area contributed by atoms with Gasteiger partial charge in [0.05, 0.1) is 18.4 Å². The van der Waals surface area contributed by atoms with Gasteiger partial charge >= 0.3 is 0 Å². The Balaban J connectivity index is 1.47. The van der Waals surface area contributed by atoms with Gasteiger partial charge in [-0.15, -0.1) is 0 Å². The summed E-state index contributed by atoms with van der Waals surface area (Å²) < 4.78 is 18.1. The number of rotatable bonds is 4. The molecular weight excluding hydrogens is 325 g/mol. The molecule has 1 saturated heterocycles. The van der Waals surface area contributed by atoms with E-state index in [4.69, 9.17) is 4.42 Å². The number of hydrogen-bond donors (Lipinski definition) is 1. The van der Waals surface area contributed by atoms with Crippen LogP contribution in [0.3, 0.4) is 0 Å². The van der Waals surface area contributed by atoms with Gasteiger partial charge in [-0.25, -0.2) is 4.39 Å². The number of carbonyl (C=O) groups is 2. The molecule has 0 saturated carbocycles. The Kier molecular flexibility index (Phi) is 5.02. The third kappa shape index (κ3) is 3.99. The summed E-state index contributed by atoms with van der Waals surface area (Å²) in [6.45, 7) is 4.14. The van der Waals surface area contributed by atoms with Gasteiger partial charge in [-0.2, -0.15) is 0 Å². The van der Waals surface area contributed by atoms with E-state index in [0.717, 1.165) is 5.69 Å². The molecule has 1 aromatic heterocycles. The van der Waals surface area contributed by atoms with Crippen LogP contribution in [-0.2, 0) is 4.79 Å². The predicted octanol–water partition coefficient (Wildman–Crippen LogP) is 1.81. The lowest BCUT2D eigenvalue weighted by atomic mass is 10.2. The van der Waals surface area contributed by atoms with Gasteiger partial charge in [-0.1, -0.05) is 0 Å². The number of benzene rings is 1. The Labute approximate surface area is 145 Å². The Bertz CT molecular complexity index is 749. The minimum absolute atomic E-state index is 0.0417. The van der Waals surface area contributed by atoms with Crippen molar-refractivity contribution in [3.05, 3.63) is 53.7 Å². The first kappa shape index (κ1) is 17.0. The molecule has 1 aromatic carbocycles. The van der Waals surface area contributed by atoms with E-state index in [1.54, 1.807) is 30.0 Å². The molecule has 3 rings (SSSR count). The maximum Gasteiger partial charge on any atom is 0.255 e. The van der Waals surface area contributed by atoms with Gasteiger partial charge in [-0.3, -0.25) is 9.59 Å². The van der Waals surface area contributed by atoms with Crippen molar-refractivity contribution in [3.63, 3.8) is 0 Å². The lowest BCUT2D eigenvalue weighted by Crippen LogP contribution is -2.51. The number of nitrogens with zero attached hydrogens (tertiary/aromatic N) is 2. The second-order valence-electron chi connectivity index (χ2n) is 5.92. The highest BCUT2D eigenvalue weighted by molar-refractivity contribution is 5.97. The first-order chi connectivity index (χ1) is 12.0. The molecule has 1 aliphatic rings. The van der Waals surface area contributed by atoms with Crippen LogP contribution >= 0.6 is 0 Å². The summed E-state index contributed by atoms with van der Waals surface area (Å²) in [7, 11) is 0. The largest absolute Gasteiger partial charge is 0.469 e. The lowest BCUT2D eigenvalue weighted by Gasteiger charge is -2.36. The van der Waals surface area contributed by atoms with Crippen LogP contribution in [0.2, 0.25) is 0 Å². The van der Waals surface area contributed by atoms with Gasteiger partial charge in [0.1, 0.15) is 11.6 Å². The zero-order valence-electron chi connectivity index (χ0n) is 14.0. The molecule has 0 bridgehead atoms. The topological polar surface area (TPSA) is 65.8 Å². The average molecular weight is 345 g/mol. The molecular formula is C18H20FN3O3. The zero-order valence-corrected chi connectivity index (χ0v) is 14.0. The van der Waals surface area contributed by atoms with Crippen molar-refractivity contribution in [1.29, 1.82) is 0 Å². The van der Waals surface area contributed by atoms with E-state index in [1.807, 2.05) is 0 Å². The van der Waals surface area contributed by atoms with E-state index in [1.165, 1.54) is 18.4 Å². The van der Waals surface area contributed by atoms with Crippen LogP contribution in [0.1, 0.15) is 16.1 Å². The molecule has 0 radical (unpaired) electrons. The molecule has 0 spiro atoms. The Morgan fingerprint density at radius 1 is 1.12 bits per heavy atom. The number of anilines is 1. The van der Waals surface area contributed by atoms with E-state index in [2.05, 4.69) is 10.2 Å². The summed E-state index contributed by atoms with van der Waals surface area (Å²) >= 11 is 0. The van der Waals surface area contributed by atoms with Crippen molar-refractivity contribution in [3.8, 4) is 0 Å². The average Bonchev–Trinajstić information content (AvgIpc) is 3.06.